The van der Waals surface area contributed by atoms with E-state index in [9.17, 15) is 4.79 Å². The van der Waals surface area contributed by atoms with Gasteiger partial charge in [-0.25, -0.2) is 0 Å². The largest absolute Gasteiger partial charge is 0.481 e. The molecule has 90 valence electrons. The van der Waals surface area contributed by atoms with Gasteiger partial charge < -0.3 is 9.52 Å². The molecule has 0 aliphatic carbocycles. The summed E-state index contributed by atoms with van der Waals surface area (Å²) < 4.78 is 5.63. The molecule has 2 atom stereocenters. The van der Waals surface area contributed by atoms with E-state index in [1.54, 1.807) is 19.1 Å². The first kappa shape index (κ1) is 12.0. The van der Waals surface area contributed by atoms with E-state index in [0.717, 1.165) is 11.0 Å². The molecule has 4 heteroatoms. The molecule has 1 aromatic carbocycles. The highest BCUT2D eigenvalue weighted by Gasteiger charge is 2.23. The van der Waals surface area contributed by atoms with Gasteiger partial charge in [0.25, 0.3) is 0 Å². The topological polar surface area (TPSA) is 50.4 Å². The summed E-state index contributed by atoms with van der Waals surface area (Å²) in [6.07, 6.45) is 0. The summed E-state index contributed by atoms with van der Waals surface area (Å²) in [5.41, 5.74) is 0.730. The maximum atomic E-state index is 10.9. The zero-order valence-electron chi connectivity index (χ0n) is 9.61. The van der Waals surface area contributed by atoms with Crippen LogP contribution in [0.4, 0.5) is 0 Å². The molecule has 2 rings (SSSR count). The van der Waals surface area contributed by atoms with Crippen molar-refractivity contribution in [2.75, 3.05) is 0 Å². The van der Waals surface area contributed by atoms with Crippen LogP contribution in [0.25, 0.3) is 11.0 Å². The number of fused-ring (bicyclic) bond motifs is 1. The molecule has 3 nitrogen and oxygen atoms in total. The molecule has 0 saturated heterocycles. The highest BCUT2D eigenvalue weighted by molar-refractivity contribution is 6.31. The molecule has 1 N–H and O–H groups in total. The number of halogens is 1. The van der Waals surface area contributed by atoms with Crippen molar-refractivity contribution in [3.63, 3.8) is 0 Å². The number of carbonyl (C=O) groups is 1. The lowest BCUT2D eigenvalue weighted by Gasteiger charge is -2.12. The second kappa shape index (κ2) is 4.41. The van der Waals surface area contributed by atoms with Gasteiger partial charge in [-0.3, -0.25) is 4.79 Å². The third-order valence-corrected chi connectivity index (χ3v) is 3.32. The van der Waals surface area contributed by atoms with E-state index in [-0.39, 0.29) is 5.92 Å². The van der Waals surface area contributed by atoms with Crippen LogP contribution in [0.1, 0.15) is 25.5 Å². The number of benzene rings is 1. The monoisotopic (exact) mass is 252 g/mol. The maximum Gasteiger partial charge on any atom is 0.306 e. The van der Waals surface area contributed by atoms with Crippen LogP contribution >= 0.6 is 11.6 Å². The average molecular weight is 253 g/mol. The fraction of sp³-hybridized carbons (Fsp3) is 0.308. The van der Waals surface area contributed by atoms with Crippen LogP contribution in [0.3, 0.4) is 0 Å². The Morgan fingerprint density at radius 3 is 2.71 bits per heavy atom. The van der Waals surface area contributed by atoms with E-state index < -0.39 is 11.9 Å². The number of carboxylic acids is 1. The highest BCUT2D eigenvalue weighted by atomic mass is 35.5. The van der Waals surface area contributed by atoms with Crippen molar-refractivity contribution in [1.82, 2.24) is 0 Å². The smallest absolute Gasteiger partial charge is 0.306 e. The summed E-state index contributed by atoms with van der Waals surface area (Å²) in [5.74, 6) is -0.794. The van der Waals surface area contributed by atoms with Crippen molar-refractivity contribution in [3.8, 4) is 0 Å². The van der Waals surface area contributed by atoms with Gasteiger partial charge in [0.1, 0.15) is 11.3 Å². The predicted molar refractivity (Wildman–Crippen MR) is 66.4 cm³/mol. The van der Waals surface area contributed by atoms with Gasteiger partial charge >= 0.3 is 5.97 Å². The molecule has 0 bridgehead atoms. The fourth-order valence-corrected chi connectivity index (χ4v) is 1.90. The summed E-state index contributed by atoms with van der Waals surface area (Å²) in [4.78, 5) is 10.9. The predicted octanol–water partition coefficient (Wildman–Crippen LogP) is 3.91. The van der Waals surface area contributed by atoms with E-state index in [1.165, 1.54) is 0 Å². The second-order valence-corrected chi connectivity index (χ2v) is 4.68. The van der Waals surface area contributed by atoms with E-state index in [1.807, 2.05) is 19.1 Å². The minimum atomic E-state index is -0.823. The molecular formula is C13H13ClO3. The molecule has 0 saturated carbocycles. The van der Waals surface area contributed by atoms with Gasteiger partial charge in [0.2, 0.25) is 0 Å². The van der Waals surface area contributed by atoms with Crippen LogP contribution < -0.4 is 0 Å². The molecule has 2 aromatic rings. The molecule has 2 unspecified atom stereocenters. The van der Waals surface area contributed by atoms with Gasteiger partial charge in [-0.05, 0) is 24.3 Å². The molecular weight excluding hydrogens is 240 g/mol. The van der Waals surface area contributed by atoms with Gasteiger partial charge in [0.15, 0.2) is 0 Å². The van der Waals surface area contributed by atoms with E-state index in [4.69, 9.17) is 21.1 Å². The fourth-order valence-electron chi connectivity index (χ4n) is 1.72. The molecule has 17 heavy (non-hydrogen) atoms. The van der Waals surface area contributed by atoms with E-state index >= 15 is 0 Å². The van der Waals surface area contributed by atoms with Crippen LogP contribution in [0.15, 0.2) is 28.7 Å². The third-order valence-electron chi connectivity index (χ3n) is 3.09. The molecule has 1 aromatic heterocycles. The Kier molecular flexibility index (Phi) is 3.11. The van der Waals surface area contributed by atoms with Gasteiger partial charge in [-0.2, -0.15) is 0 Å². The Balaban J connectivity index is 2.39. The zero-order chi connectivity index (χ0) is 12.6. The standard InChI is InChI=1S/C13H13ClO3/c1-7(8(2)13(15)16)12-6-9-5-10(14)3-4-11(9)17-12/h3-8H,1-2H3,(H,15,16). The summed E-state index contributed by atoms with van der Waals surface area (Å²) in [6.45, 7) is 3.52. The Hall–Kier alpha value is -1.48. The molecule has 0 spiro atoms. The first-order chi connectivity index (χ1) is 7.99. The van der Waals surface area contributed by atoms with Gasteiger partial charge in [-0.15, -0.1) is 0 Å². The summed E-state index contributed by atoms with van der Waals surface area (Å²) in [7, 11) is 0. The van der Waals surface area contributed by atoms with Gasteiger partial charge in [-0.1, -0.05) is 25.4 Å². The number of hydrogen-bond acceptors (Lipinski definition) is 2. The second-order valence-electron chi connectivity index (χ2n) is 4.25. The third kappa shape index (κ3) is 2.29. The molecule has 0 amide bonds. The van der Waals surface area contributed by atoms with Crippen molar-refractivity contribution in [3.05, 3.63) is 35.0 Å². The van der Waals surface area contributed by atoms with Crippen molar-refractivity contribution >= 4 is 28.5 Å². The number of rotatable bonds is 3. The van der Waals surface area contributed by atoms with E-state index in [2.05, 4.69) is 0 Å². The number of hydrogen-bond donors (Lipinski definition) is 1. The first-order valence-electron chi connectivity index (χ1n) is 5.41. The number of aliphatic carboxylic acids is 1. The minimum Gasteiger partial charge on any atom is -0.481 e. The van der Waals surface area contributed by atoms with Crippen LogP contribution in [0, 0.1) is 5.92 Å². The molecule has 0 fully saturated rings. The minimum absolute atomic E-state index is 0.168. The Labute approximate surface area is 104 Å². The van der Waals surface area contributed by atoms with Crippen LogP contribution in [0.2, 0.25) is 5.02 Å². The maximum absolute atomic E-state index is 10.9. The van der Waals surface area contributed by atoms with Gasteiger partial charge in [0, 0.05) is 16.3 Å². The SMILES string of the molecule is CC(C(=O)O)C(C)c1cc2cc(Cl)ccc2o1. The van der Waals surface area contributed by atoms with Crippen molar-refractivity contribution in [2.24, 2.45) is 5.92 Å². The Morgan fingerprint density at radius 2 is 2.06 bits per heavy atom. The zero-order valence-corrected chi connectivity index (χ0v) is 10.4. The normalized spacial score (nSPS) is 14.8. The average Bonchev–Trinajstić information content (AvgIpc) is 2.69. The molecule has 0 aliphatic rings. The lowest BCUT2D eigenvalue weighted by Crippen LogP contribution is -2.16. The molecule has 1 heterocycles. The Bertz CT molecular complexity index is 559. The molecule has 0 aliphatic heterocycles. The summed E-state index contributed by atoms with van der Waals surface area (Å²) in [6, 6.07) is 7.20. The number of carboxylic acid groups (broad SMARTS) is 1. The van der Waals surface area contributed by atoms with Crippen molar-refractivity contribution < 1.29 is 14.3 Å². The van der Waals surface area contributed by atoms with Crippen LogP contribution in [-0.2, 0) is 4.79 Å². The first-order valence-corrected chi connectivity index (χ1v) is 5.78. The van der Waals surface area contributed by atoms with Gasteiger partial charge in [0.05, 0.1) is 5.92 Å². The number of furan rings is 1. The van der Waals surface area contributed by atoms with E-state index in [0.29, 0.717) is 10.8 Å². The van der Waals surface area contributed by atoms with Crippen LogP contribution in [-0.4, -0.2) is 11.1 Å². The summed E-state index contributed by atoms with van der Waals surface area (Å²) in [5, 5.41) is 10.5. The van der Waals surface area contributed by atoms with Crippen LogP contribution in [0.5, 0.6) is 0 Å². The molecule has 0 radical (unpaired) electrons. The Morgan fingerprint density at radius 1 is 1.35 bits per heavy atom. The lowest BCUT2D eigenvalue weighted by atomic mass is 9.94. The van der Waals surface area contributed by atoms with Crippen molar-refractivity contribution in [2.45, 2.75) is 19.8 Å². The highest BCUT2D eigenvalue weighted by Crippen LogP contribution is 2.31. The lowest BCUT2D eigenvalue weighted by molar-refractivity contribution is -0.141. The quantitative estimate of drug-likeness (QED) is 0.901. The van der Waals surface area contributed by atoms with Crippen molar-refractivity contribution in [1.29, 1.82) is 0 Å². The summed E-state index contributed by atoms with van der Waals surface area (Å²) >= 11 is 5.88.